The zero-order valence-corrected chi connectivity index (χ0v) is 13.7. The van der Waals surface area contributed by atoms with Crippen LogP contribution in [0.1, 0.15) is 32.6 Å². The normalized spacial score (nSPS) is 9.32. The van der Waals surface area contributed by atoms with E-state index in [4.69, 9.17) is 0 Å². The van der Waals surface area contributed by atoms with E-state index in [1.807, 2.05) is 39.8 Å². The first-order valence-corrected chi connectivity index (χ1v) is 8.17. The molecule has 0 aliphatic rings. The van der Waals surface area contributed by atoms with Crippen molar-refractivity contribution in [3.63, 3.8) is 0 Å². The summed E-state index contributed by atoms with van der Waals surface area (Å²) in [6.07, 6.45) is 0. The van der Waals surface area contributed by atoms with Gasteiger partial charge in [0.05, 0.1) is 11.7 Å². The molecule has 2 heterocycles. The maximum absolute atomic E-state index is 4.34. The lowest BCUT2D eigenvalue weighted by molar-refractivity contribution is 1.50. The van der Waals surface area contributed by atoms with Crippen molar-refractivity contribution in [3.8, 4) is 10.4 Å². The van der Waals surface area contributed by atoms with Gasteiger partial charge < -0.3 is 0 Å². The Morgan fingerprint density at radius 1 is 0.895 bits per heavy atom. The summed E-state index contributed by atoms with van der Waals surface area (Å²) in [4.78, 5) is 2.59. The smallest absolute Gasteiger partial charge is 0.113 e. The van der Waals surface area contributed by atoms with Gasteiger partial charge in [0.1, 0.15) is 11.0 Å². The molecule has 0 unspecified atom stereocenters. The number of fused-ring (bicyclic) bond motifs is 1. The molecule has 19 heavy (non-hydrogen) atoms. The summed E-state index contributed by atoms with van der Waals surface area (Å²) in [6, 6.07) is 10.4. The fourth-order valence-corrected chi connectivity index (χ4v) is 3.03. The second kappa shape index (κ2) is 8.02. The number of rotatable bonds is 1. The predicted octanol–water partition coefficient (Wildman–Crippen LogP) is 5.78. The van der Waals surface area contributed by atoms with Crippen LogP contribution in [0.2, 0.25) is 0 Å². The van der Waals surface area contributed by atoms with Crippen LogP contribution in [0.3, 0.4) is 0 Å². The van der Waals surface area contributed by atoms with Crippen LogP contribution in [0.4, 0.5) is 0 Å². The number of benzene rings is 1. The standard InChI is InChI=1S/C11H8N2S2.2C2H6/c1-7-5-6-10(14-7)8-3-2-4-9-11(8)13-15-12-9;2*1-2/h2-6H,1H3;2*1-2H3. The molecule has 0 saturated carbocycles. The van der Waals surface area contributed by atoms with Crippen molar-refractivity contribution in [2.45, 2.75) is 34.6 Å². The number of thiophene rings is 1. The van der Waals surface area contributed by atoms with Crippen LogP contribution in [0, 0.1) is 6.92 Å². The van der Waals surface area contributed by atoms with E-state index < -0.39 is 0 Å². The van der Waals surface area contributed by atoms with Crippen LogP contribution < -0.4 is 0 Å². The summed E-state index contributed by atoms with van der Waals surface area (Å²) in [6.45, 7) is 10.1. The Hall–Kier alpha value is -1.26. The van der Waals surface area contributed by atoms with Crippen molar-refractivity contribution in [2.24, 2.45) is 0 Å². The van der Waals surface area contributed by atoms with Crippen molar-refractivity contribution < 1.29 is 0 Å². The highest BCUT2D eigenvalue weighted by atomic mass is 32.1. The van der Waals surface area contributed by atoms with E-state index in [2.05, 4.69) is 33.9 Å². The lowest BCUT2D eigenvalue weighted by atomic mass is 10.1. The van der Waals surface area contributed by atoms with E-state index in [0.717, 1.165) is 11.0 Å². The molecular weight excluding hydrogens is 272 g/mol. The molecule has 0 radical (unpaired) electrons. The molecule has 102 valence electrons. The SMILES string of the molecule is CC.CC.Cc1ccc(-c2cccc3nsnc23)s1. The molecule has 3 aromatic rings. The third-order valence-electron chi connectivity index (χ3n) is 2.29. The molecule has 0 fully saturated rings. The highest BCUT2D eigenvalue weighted by Crippen LogP contribution is 2.32. The minimum Gasteiger partial charge on any atom is -0.173 e. The summed E-state index contributed by atoms with van der Waals surface area (Å²) < 4.78 is 8.59. The van der Waals surface area contributed by atoms with E-state index >= 15 is 0 Å². The molecule has 1 aromatic carbocycles. The monoisotopic (exact) mass is 292 g/mol. The van der Waals surface area contributed by atoms with E-state index in [9.17, 15) is 0 Å². The van der Waals surface area contributed by atoms with Gasteiger partial charge in [0.2, 0.25) is 0 Å². The molecular formula is C15H20N2S2. The van der Waals surface area contributed by atoms with E-state index in [1.54, 1.807) is 11.3 Å². The van der Waals surface area contributed by atoms with E-state index in [0.29, 0.717) is 0 Å². The summed E-state index contributed by atoms with van der Waals surface area (Å²) in [5.41, 5.74) is 3.20. The minimum atomic E-state index is 0.989. The number of aryl methyl sites for hydroxylation is 1. The van der Waals surface area contributed by atoms with Crippen LogP contribution in [0.25, 0.3) is 21.5 Å². The molecule has 2 nitrogen and oxygen atoms in total. The van der Waals surface area contributed by atoms with Crippen LogP contribution in [0.15, 0.2) is 30.3 Å². The Kier molecular flexibility index (Phi) is 6.67. The molecule has 0 amide bonds. The van der Waals surface area contributed by atoms with Crippen LogP contribution in [0.5, 0.6) is 0 Å². The van der Waals surface area contributed by atoms with Gasteiger partial charge in [-0.1, -0.05) is 39.8 Å². The zero-order valence-electron chi connectivity index (χ0n) is 12.1. The highest BCUT2D eigenvalue weighted by molar-refractivity contribution is 7.15. The third kappa shape index (κ3) is 3.61. The topological polar surface area (TPSA) is 25.8 Å². The number of hydrogen-bond acceptors (Lipinski definition) is 4. The van der Waals surface area contributed by atoms with Gasteiger partial charge in [0.15, 0.2) is 0 Å². The minimum absolute atomic E-state index is 0.989. The van der Waals surface area contributed by atoms with Crippen molar-refractivity contribution in [1.82, 2.24) is 8.75 Å². The first kappa shape index (κ1) is 15.8. The molecule has 3 rings (SSSR count). The molecule has 4 heteroatoms. The van der Waals surface area contributed by atoms with Crippen molar-refractivity contribution in [2.75, 3.05) is 0 Å². The summed E-state index contributed by atoms with van der Waals surface area (Å²) in [5.74, 6) is 0. The number of hydrogen-bond donors (Lipinski definition) is 0. The molecule has 0 atom stereocenters. The predicted molar refractivity (Wildman–Crippen MR) is 88.2 cm³/mol. The van der Waals surface area contributed by atoms with Gasteiger partial charge in [-0.2, -0.15) is 8.75 Å². The lowest BCUT2D eigenvalue weighted by Gasteiger charge is -1.96. The van der Waals surface area contributed by atoms with Gasteiger partial charge in [-0.15, -0.1) is 11.3 Å². The first-order chi connectivity index (χ1) is 9.34. The first-order valence-electron chi connectivity index (χ1n) is 6.63. The molecule has 0 saturated heterocycles. The van der Waals surface area contributed by atoms with E-state index in [-0.39, 0.29) is 0 Å². The van der Waals surface area contributed by atoms with Gasteiger partial charge in [-0.05, 0) is 25.1 Å². The lowest BCUT2D eigenvalue weighted by Crippen LogP contribution is -1.75. The Morgan fingerprint density at radius 3 is 2.26 bits per heavy atom. The van der Waals surface area contributed by atoms with Gasteiger partial charge in [-0.25, -0.2) is 0 Å². The molecule has 2 aromatic heterocycles. The Morgan fingerprint density at radius 2 is 1.63 bits per heavy atom. The van der Waals surface area contributed by atoms with Gasteiger partial charge in [0, 0.05) is 15.3 Å². The van der Waals surface area contributed by atoms with Crippen LogP contribution in [-0.2, 0) is 0 Å². The quantitative estimate of drug-likeness (QED) is 0.568. The zero-order chi connectivity index (χ0) is 14.3. The molecule has 0 aliphatic heterocycles. The largest absolute Gasteiger partial charge is 0.173 e. The second-order valence-electron chi connectivity index (χ2n) is 3.35. The Bertz CT molecular complexity index is 611. The highest BCUT2D eigenvalue weighted by Gasteiger charge is 2.08. The maximum atomic E-state index is 4.34. The third-order valence-corrected chi connectivity index (χ3v) is 3.87. The van der Waals surface area contributed by atoms with Crippen molar-refractivity contribution >= 4 is 34.1 Å². The summed E-state index contributed by atoms with van der Waals surface area (Å²) in [7, 11) is 0. The number of aromatic nitrogens is 2. The average Bonchev–Trinajstić information content (AvgIpc) is 3.11. The van der Waals surface area contributed by atoms with E-state index in [1.165, 1.54) is 27.0 Å². The van der Waals surface area contributed by atoms with Crippen LogP contribution >= 0.6 is 23.1 Å². The van der Waals surface area contributed by atoms with Gasteiger partial charge in [-0.3, -0.25) is 0 Å². The van der Waals surface area contributed by atoms with Crippen LogP contribution in [-0.4, -0.2) is 8.75 Å². The molecule has 0 spiro atoms. The molecule has 0 aliphatic carbocycles. The fraction of sp³-hybridized carbons (Fsp3) is 0.333. The number of nitrogens with zero attached hydrogens (tertiary/aromatic N) is 2. The summed E-state index contributed by atoms with van der Waals surface area (Å²) in [5, 5.41) is 0. The Balaban J connectivity index is 0.000000415. The fourth-order valence-electron chi connectivity index (χ4n) is 1.58. The van der Waals surface area contributed by atoms with Crippen molar-refractivity contribution in [1.29, 1.82) is 0 Å². The molecule has 0 N–H and O–H groups in total. The van der Waals surface area contributed by atoms with Crippen molar-refractivity contribution in [3.05, 3.63) is 35.2 Å². The Labute approximate surface area is 123 Å². The molecule has 0 bridgehead atoms. The maximum Gasteiger partial charge on any atom is 0.113 e. The summed E-state index contributed by atoms with van der Waals surface area (Å²) >= 11 is 3.07. The van der Waals surface area contributed by atoms with Gasteiger partial charge in [0.25, 0.3) is 0 Å². The average molecular weight is 292 g/mol. The second-order valence-corrected chi connectivity index (χ2v) is 5.16. The van der Waals surface area contributed by atoms with Gasteiger partial charge >= 0.3 is 0 Å².